The van der Waals surface area contributed by atoms with Gasteiger partial charge in [-0.05, 0) is 38.3 Å². The highest BCUT2D eigenvalue weighted by molar-refractivity contribution is 5.78. The van der Waals surface area contributed by atoms with Gasteiger partial charge in [0, 0.05) is 13.1 Å². The number of nitrogens with zero attached hydrogens (tertiary/aromatic N) is 3. The van der Waals surface area contributed by atoms with Crippen LogP contribution >= 0.6 is 0 Å². The van der Waals surface area contributed by atoms with Gasteiger partial charge in [0.05, 0.1) is 5.92 Å². The van der Waals surface area contributed by atoms with E-state index in [0.717, 1.165) is 23.3 Å². The van der Waals surface area contributed by atoms with Crippen molar-refractivity contribution in [3.8, 4) is 5.75 Å². The molecule has 3 rings (SSSR count). The number of aryl methyl sites for hydroxylation is 3. The van der Waals surface area contributed by atoms with E-state index in [1.807, 2.05) is 32.0 Å². The molecule has 1 aliphatic heterocycles. The second-order valence-electron chi connectivity index (χ2n) is 6.01. The van der Waals surface area contributed by atoms with E-state index < -0.39 is 0 Å². The van der Waals surface area contributed by atoms with Crippen molar-refractivity contribution in [2.75, 3.05) is 19.7 Å². The molecular weight excluding hydrogens is 294 g/mol. The van der Waals surface area contributed by atoms with Crippen LogP contribution in [0.1, 0.15) is 35.2 Å². The van der Waals surface area contributed by atoms with Gasteiger partial charge in [-0.2, -0.15) is 4.98 Å². The fraction of sp³-hybridized carbons (Fsp3) is 0.471. The van der Waals surface area contributed by atoms with Gasteiger partial charge in [0.2, 0.25) is 5.89 Å². The molecule has 1 aromatic heterocycles. The van der Waals surface area contributed by atoms with Crippen LogP contribution in [0.2, 0.25) is 0 Å². The van der Waals surface area contributed by atoms with Gasteiger partial charge < -0.3 is 14.2 Å². The third-order valence-corrected chi connectivity index (χ3v) is 4.18. The number of ether oxygens (including phenoxy) is 1. The van der Waals surface area contributed by atoms with E-state index in [-0.39, 0.29) is 18.4 Å². The number of benzene rings is 1. The molecule has 2 heterocycles. The van der Waals surface area contributed by atoms with Gasteiger partial charge in [0.15, 0.2) is 12.4 Å². The van der Waals surface area contributed by atoms with Crippen molar-refractivity contribution in [3.05, 3.63) is 41.0 Å². The van der Waals surface area contributed by atoms with Crippen LogP contribution in [0, 0.1) is 20.8 Å². The lowest BCUT2D eigenvalue weighted by Crippen LogP contribution is -2.33. The van der Waals surface area contributed by atoms with Crippen LogP contribution in [0.4, 0.5) is 0 Å². The molecule has 0 radical (unpaired) electrons. The van der Waals surface area contributed by atoms with Crippen molar-refractivity contribution >= 4 is 5.91 Å². The SMILES string of the molecule is Cc1noc(C2CCN(C(=O)COc3c(C)cccc3C)C2)n1. The Morgan fingerprint density at radius 2 is 2.09 bits per heavy atom. The molecule has 0 spiro atoms. The van der Waals surface area contributed by atoms with Crippen molar-refractivity contribution in [2.24, 2.45) is 0 Å². The summed E-state index contributed by atoms with van der Waals surface area (Å²) in [6.45, 7) is 7.12. The summed E-state index contributed by atoms with van der Waals surface area (Å²) in [6, 6.07) is 5.95. The minimum atomic E-state index is -0.00797. The molecule has 6 heteroatoms. The Kier molecular flexibility index (Phi) is 4.32. The maximum atomic E-state index is 12.4. The molecule has 0 N–H and O–H groups in total. The number of hydrogen-bond acceptors (Lipinski definition) is 5. The Balaban J connectivity index is 1.57. The number of aromatic nitrogens is 2. The van der Waals surface area contributed by atoms with Crippen molar-refractivity contribution in [1.29, 1.82) is 0 Å². The summed E-state index contributed by atoms with van der Waals surface area (Å²) in [6.07, 6.45) is 0.844. The van der Waals surface area contributed by atoms with Gasteiger partial charge in [0.1, 0.15) is 5.75 Å². The van der Waals surface area contributed by atoms with E-state index >= 15 is 0 Å². The van der Waals surface area contributed by atoms with Crippen LogP contribution in [0.25, 0.3) is 0 Å². The molecule has 0 aliphatic carbocycles. The summed E-state index contributed by atoms with van der Waals surface area (Å²) in [5.41, 5.74) is 2.08. The van der Waals surface area contributed by atoms with Gasteiger partial charge in [-0.3, -0.25) is 4.79 Å². The van der Waals surface area contributed by atoms with Crippen molar-refractivity contribution in [3.63, 3.8) is 0 Å². The van der Waals surface area contributed by atoms with Crippen molar-refractivity contribution < 1.29 is 14.1 Å². The van der Waals surface area contributed by atoms with Crippen LogP contribution in [-0.2, 0) is 4.79 Å². The third kappa shape index (κ3) is 3.36. The third-order valence-electron chi connectivity index (χ3n) is 4.18. The number of rotatable bonds is 4. The minimum Gasteiger partial charge on any atom is -0.483 e. The predicted octanol–water partition coefficient (Wildman–Crippen LogP) is 2.39. The molecular formula is C17H21N3O3. The van der Waals surface area contributed by atoms with E-state index in [4.69, 9.17) is 9.26 Å². The number of carbonyl (C=O) groups is 1. The standard InChI is InChI=1S/C17H21N3O3/c1-11-5-4-6-12(2)16(11)22-10-15(21)20-8-7-14(9-20)17-18-13(3)19-23-17/h4-6,14H,7-10H2,1-3H3. The zero-order valence-electron chi connectivity index (χ0n) is 13.7. The van der Waals surface area contributed by atoms with Crippen LogP contribution in [0.3, 0.4) is 0 Å². The van der Waals surface area contributed by atoms with E-state index in [1.165, 1.54) is 0 Å². The summed E-state index contributed by atoms with van der Waals surface area (Å²) < 4.78 is 11.0. The van der Waals surface area contributed by atoms with Crippen LogP contribution in [0.15, 0.2) is 22.7 Å². The predicted molar refractivity (Wildman–Crippen MR) is 84.4 cm³/mol. The first kappa shape index (κ1) is 15.5. The number of likely N-dealkylation sites (tertiary alicyclic amines) is 1. The maximum absolute atomic E-state index is 12.4. The number of hydrogen-bond donors (Lipinski definition) is 0. The summed E-state index contributed by atoms with van der Waals surface area (Å²) >= 11 is 0. The van der Waals surface area contributed by atoms with E-state index in [2.05, 4.69) is 10.1 Å². The fourth-order valence-electron chi connectivity index (χ4n) is 2.92. The Labute approximate surface area is 135 Å². The molecule has 0 saturated carbocycles. The molecule has 1 fully saturated rings. The Morgan fingerprint density at radius 3 is 2.74 bits per heavy atom. The molecule has 122 valence electrons. The number of carbonyl (C=O) groups excluding carboxylic acids is 1. The largest absolute Gasteiger partial charge is 0.483 e. The highest BCUT2D eigenvalue weighted by Gasteiger charge is 2.31. The molecule has 1 unspecified atom stereocenters. The number of amides is 1. The quantitative estimate of drug-likeness (QED) is 0.866. The topological polar surface area (TPSA) is 68.5 Å². The second-order valence-corrected chi connectivity index (χ2v) is 6.01. The Hall–Kier alpha value is -2.37. The summed E-state index contributed by atoms with van der Waals surface area (Å²) in [5.74, 6) is 2.16. The van der Waals surface area contributed by atoms with E-state index in [9.17, 15) is 4.79 Å². The maximum Gasteiger partial charge on any atom is 0.260 e. The van der Waals surface area contributed by atoms with Gasteiger partial charge in [-0.25, -0.2) is 0 Å². The molecule has 1 aliphatic rings. The first-order valence-corrected chi connectivity index (χ1v) is 7.81. The van der Waals surface area contributed by atoms with Gasteiger partial charge in [0.25, 0.3) is 5.91 Å². The monoisotopic (exact) mass is 315 g/mol. The molecule has 1 atom stereocenters. The lowest BCUT2D eigenvalue weighted by Gasteiger charge is -2.17. The molecule has 1 aromatic carbocycles. The highest BCUT2D eigenvalue weighted by atomic mass is 16.5. The first-order chi connectivity index (χ1) is 11.0. The first-order valence-electron chi connectivity index (χ1n) is 7.81. The molecule has 1 amide bonds. The van der Waals surface area contributed by atoms with E-state index in [1.54, 1.807) is 11.8 Å². The zero-order valence-corrected chi connectivity index (χ0v) is 13.7. The molecule has 0 bridgehead atoms. The molecule has 6 nitrogen and oxygen atoms in total. The zero-order chi connectivity index (χ0) is 16.4. The lowest BCUT2D eigenvalue weighted by molar-refractivity contribution is -0.132. The summed E-state index contributed by atoms with van der Waals surface area (Å²) in [7, 11) is 0. The van der Waals surface area contributed by atoms with Crippen molar-refractivity contribution in [2.45, 2.75) is 33.1 Å². The average molecular weight is 315 g/mol. The molecule has 2 aromatic rings. The second kappa shape index (κ2) is 6.40. The Bertz CT molecular complexity index is 691. The van der Waals surface area contributed by atoms with Gasteiger partial charge >= 0.3 is 0 Å². The van der Waals surface area contributed by atoms with Crippen molar-refractivity contribution in [1.82, 2.24) is 15.0 Å². The molecule has 23 heavy (non-hydrogen) atoms. The van der Waals surface area contributed by atoms with Crippen LogP contribution in [0.5, 0.6) is 5.75 Å². The smallest absolute Gasteiger partial charge is 0.260 e. The Morgan fingerprint density at radius 1 is 1.35 bits per heavy atom. The normalized spacial score (nSPS) is 17.5. The highest BCUT2D eigenvalue weighted by Crippen LogP contribution is 2.26. The lowest BCUT2D eigenvalue weighted by atomic mass is 10.1. The van der Waals surface area contributed by atoms with Crippen LogP contribution in [-0.4, -0.2) is 40.6 Å². The van der Waals surface area contributed by atoms with Gasteiger partial charge in [-0.1, -0.05) is 23.4 Å². The average Bonchev–Trinajstić information content (AvgIpc) is 3.15. The summed E-state index contributed by atoms with van der Waals surface area (Å²) in [4.78, 5) is 18.4. The number of para-hydroxylation sites is 1. The molecule has 1 saturated heterocycles. The van der Waals surface area contributed by atoms with Gasteiger partial charge in [-0.15, -0.1) is 0 Å². The minimum absolute atomic E-state index is 0.00797. The van der Waals surface area contributed by atoms with E-state index in [0.29, 0.717) is 24.8 Å². The summed E-state index contributed by atoms with van der Waals surface area (Å²) in [5, 5.41) is 3.81. The van der Waals surface area contributed by atoms with Crippen LogP contribution < -0.4 is 4.74 Å². The fourth-order valence-corrected chi connectivity index (χ4v) is 2.92.